The largest absolute Gasteiger partial charge is 0.466 e. The van der Waals surface area contributed by atoms with Crippen LogP contribution in [0, 0.1) is 18.8 Å². The Morgan fingerprint density at radius 2 is 2.14 bits per heavy atom. The number of ether oxygens (including phenoxy) is 1. The number of para-hydroxylation sites is 1. The Balaban J connectivity index is 1.76. The van der Waals surface area contributed by atoms with Crippen LogP contribution in [-0.4, -0.2) is 70.1 Å². The Kier molecular flexibility index (Phi) is 8.37. The van der Waals surface area contributed by atoms with Crippen molar-refractivity contribution < 1.29 is 24.2 Å². The molecule has 1 N–H and O–H groups in total. The summed E-state index contributed by atoms with van der Waals surface area (Å²) in [5.74, 6) is -1.79. The normalized spacial score (nSPS) is 28.3. The van der Waals surface area contributed by atoms with Crippen molar-refractivity contribution >= 4 is 46.8 Å². The summed E-state index contributed by atoms with van der Waals surface area (Å²) in [4.78, 5) is 44.8. The second-order valence-corrected chi connectivity index (χ2v) is 11.8. The van der Waals surface area contributed by atoms with E-state index in [1.165, 1.54) is 0 Å². The third kappa shape index (κ3) is 4.45. The summed E-state index contributed by atoms with van der Waals surface area (Å²) in [5.41, 5.74) is 1.48. The molecule has 3 heterocycles. The fourth-order valence-corrected chi connectivity index (χ4v) is 8.81. The number of likely N-dealkylation sites (tertiary alicyclic amines) is 1. The van der Waals surface area contributed by atoms with Gasteiger partial charge < -0.3 is 19.6 Å². The van der Waals surface area contributed by atoms with Crippen molar-refractivity contribution in [2.45, 2.75) is 62.0 Å². The summed E-state index contributed by atoms with van der Waals surface area (Å²) < 4.78 is 4.71. The fourth-order valence-electron chi connectivity index (χ4n) is 6.28. The van der Waals surface area contributed by atoms with Crippen LogP contribution in [0.1, 0.15) is 44.6 Å². The first kappa shape index (κ1) is 27.0. The zero-order valence-corrected chi connectivity index (χ0v) is 22.5. The number of benzene rings is 1. The number of fused-ring (bicyclic) bond motifs is 1. The Hall–Kier alpha value is -2.03. The van der Waals surface area contributed by atoms with E-state index >= 15 is 0 Å². The van der Waals surface area contributed by atoms with Crippen molar-refractivity contribution in [1.82, 2.24) is 4.90 Å². The molecule has 1 spiro atoms. The lowest BCUT2D eigenvalue weighted by Crippen LogP contribution is -2.55. The summed E-state index contributed by atoms with van der Waals surface area (Å²) in [6, 6.07) is 4.80. The first-order chi connectivity index (χ1) is 17.3. The molecule has 2 unspecified atom stereocenters. The van der Waals surface area contributed by atoms with Crippen LogP contribution in [0.5, 0.6) is 0 Å². The topological polar surface area (TPSA) is 87.2 Å². The molecule has 1 aromatic carbocycles. The molecule has 3 fully saturated rings. The third-order valence-electron chi connectivity index (χ3n) is 7.69. The number of amides is 2. The number of anilines is 1. The molecule has 2 bridgehead atoms. The third-order valence-corrected chi connectivity index (χ3v) is 9.94. The van der Waals surface area contributed by atoms with Gasteiger partial charge in [-0.25, -0.2) is 0 Å². The van der Waals surface area contributed by atoms with Crippen LogP contribution in [0.2, 0.25) is 5.02 Å². The molecule has 36 heavy (non-hydrogen) atoms. The SMILES string of the molecule is C=CCN(C(=O)C1N(CCCCCO)C(=O)[C@@H]2[C@H](C(=O)OCC)[C@@H]3CCC12S3)c1c(C)cccc1Cl. The number of aryl methyl sites for hydroxylation is 1. The Morgan fingerprint density at radius 3 is 2.81 bits per heavy atom. The molecule has 3 aliphatic heterocycles. The lowest BCUT2D eigenvalue weighted by atomic mass is 9.71. The zero-order chi connectivity index (χ0) is 26.0. The second kappa shape index (κ2) is 11.2. The van der Waals surface area contributed by atoms with E-state index in [1.54, 1.807) is 40.6 Å². The van der Waals surface area contributed by atoms with Gasteiger partial charge in [-0.15, -0.1) is 18.3 Å². The highest BCUT2D eigenvalue weighted by molar-refractivity contribution is 8.02. The van der Waals surface area contributed by atoms with Gasteiger partial charge in [0.1, 0.15) is 6.04 Å². The summed E-state index contributed by atoms with van der Waals surface area (Å²) >= 11 is 8.21. The van der Waals surface area contributed by atoms with E-state index in [0.717, 1.165) is 18.4 Å². The molecule has 2 amide bonds. The van der Waals surface area contributed by atoms with Crippen molar-refractivity contribution in [2.24, 2.45) is 11.8 Å². The van der Waals surface area contributed by atoms with Gasteiger partial charge in [0.25, 0.3) is 5.91 Å². The van der Waals surface area contributed by atoms with Crippen molar-refractivity contribution in [3.05, 3.63) is 41.4 Å². The zero-order valence-electron chi connectivity index (χ0n) is 21.0. The smallest absolute Gasteiger partial charge is 0.310 e. The Morgan fingerprint density at radius 1 is 1.36 bits per heavy atom. The van der Waals surface area contributed by atoms with E-state index in [2.05, 4.69) is 6.58 Å². The molecule has 3 aliphatic rings. The van der Waals surface area contributed by atoms with E-state index in [4.69, 9.17) is 16.3 Å². The van der Waals surface area contributed by atoms with Gasteiger partial charge in [-0.05, 0) is 57.6 Å². The molecule has 5 atom stereocenters. The van der Waals surface area contributed by atoms with Crippen LogP contribution >= 0.6 is 23.4 Å². The number of unbranched alkanes of at least 4 members (excludes halogenated alkanes) is 2. The lowest BCUT2D eigenvalue weighted by molar-refractivity contribution is -0.153. The predicted molar refractivity (Wildman–Crippen MR) is 142 cm³/mol. The molecule has 1 aromatic rings. The van der Waals surface area contributed by atoms with Gasteiger partial charge in [-0.1, -0.05) is 29.8 Å². The number of hydrogen-bond donors (Lipinski definition) is 1. The van der Waals surface area contributed by atoms with Crippen LogP contribution in [0.4, 0.5) is 5.69 Å². The second-order valence-electron chi connectivity index (χ2n) is 9.77. The number of nitrogens with zero attached hydrogens (tertiary/aromatic N) is 2. The maximum Gasteiger partial charge on any atom is 0.310 e. The van der Waals surface area contributed by atoms with Gasteiger partial charge in [0.05, 0.1) is 33.9 Å². The minimum atomic E-state index is -0.714. The number of carbonyl (C=O) groups excluding carboxylic acids is 3. The molecule has 0 aromatic heterocycles. The summed E-state index contributed by atoms with van der Waals surface area (Å²) in [6.45, 7) is 8.53. The highest BCUT2D eigenvalue weighted by Crippen LogP contribution is 2.66. The van der Waals surface area contributed by atoms with Gasteiger partial charge in [-0.3, -0.25) is 14.4 Å². The van der Waals surface area contributed by atoms with Crippen molar-refractivity contribution in [3.63, 3.8) is 0 Å². The van der Waals surface area contributed by atoms with E-state index in [9.17, 15) is 19.5 Å². The van der Waals surface area contributed by atoms with E-state index in [0.29, 0.717) is 36.5 Å². The molecular formula is C27H35ClN2O5S. The van der Waals surface area contributed by atoms with Crippen LogP contribution in [0.15, 0.2) is 30.9 Å². The number of carbonyl (C=O) groups is 3. The number of halogens is 1. The minimum Gasteiger partial charge on any atom is -0.466 e. The van der Waals surface area contributed by atoms with E-state index in [1.807, 2.05) is 19.1 Å². The van der Waals surface area contributed by atoms with Gasteiger partial charge in [0.2, 0.25) is 5.91 Å². The Labute approximate surface area is 222 Å². The molecule has 196 valence electrons. The first-order valence-electron chi connectivity index (χ1n) is 12.8. The number of aliphatic hydroxyl groups excluding tert-OH is 1. The molecule has 0 saturated carbocycles. The summed E-state index contributed by atoms with van der Waals surface area (Å²) in [6.07, 6.45) is 5.19. The number of hydrogen-bond acceptors (Lipinski definition) is 6. The van der Waals surface area contributed by atoms with Crippen molar-refractivity contribution in [2.75, 3.05) is 31.2 Å². The number of esters is 1. The minimum absolute atomic E-state index is 0.0280. The monoisotopic (exact) mass is 534 g/mol. The molecule has 3 saturated heterocycles. The van der Waals surface area contributed by atoms with Gasteiger partial charge in [0, 0.05) is 24.9 Å². The molecule has 9 heteroatoms. The van der Waals surface area contributed by atoms with E-state index < -0.39 is 22.6 Å². The summed E-state index contributed by atoms with van der Waals surface area (Å²) in [5, 5.41) is 9.64. The number of rotatable bonds is 11. The molecule has 7 nitrogen and oxygen atoms in total. The van der Waals surface area contributed by atoms with Gasteiger partial charge in [-0.2, -0.15) is 0 Å². The quantitative estimate of drug-likeness (QED) is 0.262. The average Bonchev–Trinajstić information content (AvgIpc) is 3.48. The molecular weight excluding hydrogens is 500 g/mol. The molecule has 4 rings (SSSR count). The average molecular weight is 535 g/mol. The molecule has 0 radical (unpaired) electrons. The van der Waals surface area contributed by atoms with Gasteiger partial charge >= 0.3 is 5.97 Å². The van der Waals surface area contributed by atoms with Crippen LogP contribution in [-0.2, 0) is 19.1 Å². The Bertz CT molecular complexity index is 1020. The number of aliphatic hydroxyl groups is 1. The van der Waals surface area contributed by atoms with Crippen LogP contribution in [0.25, 0.3) is 0 Å². The van der Waals surface area contributed by atoms with E-state index in [-0.39, 0.29) is 42.8 Å². The fraction of sp³-hybridized carbons (Fsp3) is 0.593. The molecule has 0 aliphatic carbocycles. The maximum absolute atomic E-state index is 14.5. The highest BCUT2D eigenvalue weighted by Gasteiger charge is 2.74. The van der Waals surface area contributed by atoms with Crippen molar-refractivity contribution in [3.8, 4) is 0 Å². The van der Waals surface area contributed by atoms with Crippen LogP contribution in [0.3, 0.4) is 0 Å². The first-order valence-corrected chi connectivity index (χ1v) is 14.0. The predicted octanol–water partition coefficient (Wildman–Crippen LogP) is 3.98. The number of thioether (sulfide) groups is 1. The van der Waals surface area contributed by atoms with Crippen LogP contribution < -0.4 is 4.90 Å². The highest BCUT2D eigenvalue weighted by atomic mass is 35.5. The maximum atomic E-state index is 14.5. The summed E-state index contributed by atoms with van der Waals surface area (Å²) in [7, 11) is 0. The van der Waals surface area contributed by atoms with Gasteiger partial charge in [0.15, 0.2) is 0 Å². The van der Waals surface area contributed by atoms with Crippen molar-refractivity contribution in [1.29, 1.82) is 0 Å². The lowest BCUT2D eigenvalue weighted by Gasteiger charge is -2.37. The standard InChI is InChI=1S/C27H35ClN2O5S/c1-4-14-29(22-17(3)10-9-11-18(22)28)25(33)23-27-13-12-19(36-27)20(26(34)35-5-2)21(27)24(32)30(23)15-7-6-8-16-31/h4,9-11,19-21,23,31H,1,5-8,12-16H2,2-3H3/t19-,20+,21-,23?,27?/m0/s1.